The van der Waals surface area contributed by atoms with Crippen molar-refractivity contribution in [2.45, 2.75) is 13.5 Å². The van der Waals surface area contributed by atoms with Crippen LogP contribution in [0.1, 0.15) is 33.3 Å². The fourth-order valence-corrected chi connectivity index (χ4v) is 3.55. The van der Waals surface area contributed by atoms with Gasteiger partial charge in [0.2, 0.25) is 0 Å². The highest BCUT2D eigenvalue weighted by Crippen LogP contribution is 2.21. The van der Waals surface area contributed by atoms with E-state index in [1.807, 2.05) is 48.0 Å². The maximum atomic E-state index is 12.4. The fourth-order valence-electron chi connectivity index (χ4n) is 2.82. The minimum Gasteiger partial charge on any atom is -0.361 e. The number of hydrogen-bond donors (Lipinski definition) is 3. The first-order chi connectivity index (χ1) is 13.6. The molecule has 7 heteroatoms. The zero-order chi connectivity index (χ0) is 19.5. The Hall–Kier alpha value is -3.45. The summed E-state index contributed by atoms with van der Waals surface area (Å²) >= 11 is 1.46. The second kappa shape index (κ2) is 7.66. The number of hydrogen-bond acceptors (Lipinski definition) is 5. The molecule has 2 aromatic heterocycles. The van der Waals surface area contributed by atoms with Crippen molar-refractivity contribution in [1.29, 1.82) is 0 Å². The van der Waals surface area contributed by atoms with E-state index in [2.05, 4.69) is 20.6 Å². The van der Waals surface area contributed by atoms with Gasteiger partial charge in [0.1, 0.15) is 0 Å². The molecule has 0 aliphatic carbocycles. The van der Waals surface area contributed by atoms with Gasteiger partial charge in [-0.15, -0.1) is 11.3 Å². The van der Waals surface area contributed by atoms with Crippen LogP contribution in [0.4, 0.5) is 10.8 Å². The number of Topliss-reactive ketones (excluding diaryl/α,β-unsaturated/α-hetero) is 1. The van der Waals surface area contributed by atoms with Gasteiger partial charge in [-0.2, -0.15) is 0 Å². The van der Waals surface area contributed by atoms with Gasteiger partial charge in [0.15, 0.2) is 10.9 Å². The molecule has 2 aromatic carbocycles. The smallest absolute Gasteiger partial charge is 0.251 e. The number of nitrogens with zero attached hydrogens (tertiary/aromatic N) is 1. The van der Waals surface area contributed by atoms with Gasteiger partial charge in [0.25, 0.3) is 5.91 Å². The molecule has 0 aliphatic heterocycles. The van der Waals surface area contributed by atoms with Gasteiger partial charge in [-0.25, -0.2) is 4.98 Å². The first kappa shape index (κ1) is 17.9. The normalized spacial score (nSPS) is 10.8. The minimum atomic E-state index is -0.140. The third kappa shape index (κ3) is 3.94. The first-order valence-corrected chi connectivity index (χ1v) is 9.64. The molecule has 3 N–H and O–H groups in total. The highest BCUT2D eigenvalue weighted by Gasteiger charge is 2.09. The molecule has 4 rings (SSSR count). The monoisotopic (exact) mass is 390 g/mol. The minimum absolute atomic E-state index is 0.0363. The van der Waals surface area contributed by atoms with Crippen LogP contribution in [0.15, 0.2) is 60.1 Å². The number of fused-ring (bicyclic) bond motifs is 1. The summed E-state index contributed by atoms with van der Waals surface area (Å²) in [5, 5.41) is 9.81. The number of benzene rings is 2. The third-order valence-electron chi connectivity index (χ3n) is 4.34. The maximum absolute atomic E-state index is 12.4. The van der Waals surface area contributed by atoms with Crippen molar-refractivity contribution in [1.82, 2.24) is 15.3 Å². The van der Waals surface area contributed by atoms with Crippen LogP contribution >= 0.6 is 11.3 Å². The summed E-state index contributed by atoms with van der Waals surface area (Å²) in [5.41, 5.74) is 3.85. The summed E-state index contributed by atoms with van der Waals surface area (Å²) in [6, 6.07) is 14.8. The van der Waals surface area contributed by atoms with Crippen LogP contribution in [0.25, 0.3) is 10.9 Å². The van der Waals surface area contributed by atoms with Gasteiger partial charge < -0.3 is 15.6 Å². The predicted octanol–water partition coefficient (Wildman–Crippen LogP) is 4.50. The second-order valence-corrected chi connectivity index (χ2v) is 7.22. The van der Waals surface area contributed by atoms with Gasteiger partial charge in [-0.3, -0.25) is 9.59 Å². The second-order valence-electron chi connectivity index (χ2n) is 6.36. The maximum Gasteiger partial charge on any atom is 0.251 e. The Kier molecular flexibility index (Phi) is 4.90. The quantitative estimate of drug-likeness (QED) is 0.423. The largest absolute Gasteiger partial charge is 0.361 e. The van der Waals surface area contributed by atoms with E-state index >= 15 is 0 Å². The van der Waals surface area contributed by atoms with Crippen molar-refractivity contribution >= 4 is 44.7 Å². The van der Waals surface area contributed by atoms with Crippen LogP contribution in [0.5, 0.6) is 0 Å². The molecule has 1 amide bonds. The first-order valence-electron chi connectivity index (χ1n) is 8.76. The summed E-state index contributed by atoms with van der Waals surface area (Å²) in [5.74, 6) is -0.104. The van der Waals surface area contributed by atoms with E-state index in [1.165, 1.54) is 11.3 Å². The Morgan fingerprint density at radius 3 is 2.64 bits per heavy atom. The number of anilines is 2. The van der Waals surface area contributed by atoms with Gasteiger partial charge in [0.05, 0.1) is 12.2 Å². The molecule has 2 heterocycles. The average Bonchev–Trinajstić information content (AvgIpc) is 3.35. The van der Waals surface area contributed by atoms with Crippen LogP contribution in [-0.4, -0.2) is 21.7 Å². The van der Waals surface area contributed by atoms with Crippen LogP contribution in [-0.2, 0) is 6.54 Å². The third-order valence-corrected chi connectivity index (χ3v) is 5.15. The number of H-pyrrole nitrogens is 1. The number of aromatic amines is 1. The lowest BCUT2D eigenvalue weighted by Crippen LogP contribution is -2.22. The van der Waals surface area contributed by atoms with E-state index in [1.54, 1.807) is 19.1 Å². The van der Waals surface area contributed by atoms with Crippen LogP contribution in [0.3, 0.4) is 0 Å². The van der Waals surface area contributed by atoms with E-state index in [9.17, 15) is 9.59 Å². The van der Waals surface area contributed by atoms with E-state index in [4.69, 9.17) is 0 Å². The molecule has 0 aliphatic rings. The number of carbonyl (C=O) groups excluding carboxylic acids is 2. The molecular weight excluding hydrogens is 372 g/mol. The standard InChI is InChI=1S/C21H18N4O2S/c1-13(26)14-4-6-17(7-5-14)24-21-25-18(12-28-21)11-23-20(27)16-3-2-15-8-9-22-19(15)10-16/h2-10,12,22H,11H2,1H3,(H,23,27)(H,24,25). The van der Waals surface area contributed by atoms with E-state index in [-0.39, 0.29) is 11.7 Å². The van der Waals surface area contributed by atoms with Crippen molar-refractivity contribution in [3.63, 3.8) is 0 Å². The number of nitrogens with one attached hydrogen (secondary N) is 3. The number of carbonyl (C=O) groups is 2. The van der Waals surface area contributed by atoms with E-state index < -0.39 is 0 Å². The summed E-state index contributed by atoms with van der Waals surface area (Å²) in [4.78, 5) is 31.3. The summed E-state index contributed by atoms with van der Waals surface area (Å²) in [7, 11) is 0. The number of ketones is 1. The van der Waals surface area contributed by atoms with Crippen molar-refractivity contribution in [3.8, 4) is 0 Å². The van der Waals surface area contributed by atoms with Gasteiger partial charge in [0, 0.05) is 33.9 Å². The Morgan fingerprint density at radius 1 is 1.07 bits per heavy atom. The zero-order valence-corrected chi connectivity index (χ0v) is 16.0. The zero-order valence-electron chi connectivity index (χ0n) is 15.2. The molecule has 0 fully saturated rings. The van der Waals surface area contributed by atoms with Crippen molar-refractivity contribution < 1.29 is 9.59 Å². The topological polar surface area (TPSA) is 86.9 Å². The molecule has 0 atom stereocenters. The average molecular weight is 390 g/mol. The lowest BCUT2D eigenvalue weighted by Gasteiger charge is -2.04. The number of thiazole rings is 1. The molecule has 0 saturated carbocycles. The van der Waals surface area contributed by atoms with Crippen molar-refractivity contribution in [3.05, 3.63) is 76.9 Å². The highest BCUT2D eigenvalue weighted by atomic mass is 32.1. The fraction of sp³-hybridized carbons (Fsp3) is 0.0952. The number of rotatable bonds is 6. The predicted molar refractivity (Wildman–Crippen MR) is 111 cm³/mol. The van der Waals surface area contributed by atoms with Crippen LogP contribution in [0.2, 0.25) is 0 Å². The number of aromatic nitrogens is 2. The van der Waals surface area contributed by atoms with Crippen LogP contribution in [0, 0.1) is 0 Å². The van der Waals surface area contributed by atoms with E-state index in [0.717, 1.165) is 27.4 Å². The molecule has 0 saturated heterocycles. The van der Waals surface area contributed by atoms with Gasteiger partial charge >= 0.3 is 0 Å². The molecule has 0 radical (unpaired) electrons. The molecule has 28 heavy (non-hydrogen) atoms. The Morgan fingerprint density at radius 2 is 1.86 bits per heavy atom. The lowest BCUT2D eigenvalue weighted by molar-refractivity contribution is 0.0949. The molecule has 0 bridgehead atoms. The van der Waals surface area contributed by atoms with E-state index in [0.29, 0.717) is 17.7 Å². The molecule has 6 nitrogen and oxygen atoms in total. The highest BCUT2D eigenvalue weighted by molar-refractivity contribution is 7.13. The number of amides is 1. The van der Waals surface area contributed by atoms with Gasteiger partial charge in [-0.05, 0) is 54.8 Å². The summed E-state index contributed by atoms with van der Waals surface area (Å²) < 4.78 is 0. The lowest BCUT2D eigenvalue weighted by atomic mass is 10.1. The molecule has 140 valence electrons. The summed E-state index contributed by atoms with van der Waals surface area (Å²) in [6.45, 7) is 1.89. The molecule has 4 aromatic rings. The Labute approximate surface area is 165 Å². The summed E-state index contributed by atoms with van der Waals surface area (Å²) in [6.07, 6.45) is 1.85. The molecule has 0 spiro atoms. The van der Waals surface area contributed by atoms with Gasteiger partial charge in [-0.1, -0.05) is 6.07 Å². The Bertz CT molecular complexity index is 1140. The SMILES string of the molecule is CC(=O)c1ccc(Nc2nc(CNC(=O)c3ccc4cc[nH]c4c3)cs2)cc1. The molecule has 0 unspecified atom stereocenters. The van der Waals surface area contributed by atoms with Crippen LogP contribution < -0.4 is 10.6 Å². The molecular formula is C21H18N4O2S. The Balaban J connectivity index is 1.36. The van der Waals surface area contributed by atoms with Crippen molar-refractivity contribution in [2.24, 2.45) is 0 Å². The van der Waals surface area contributed by atoms with Crippen molar-refractivity contribution in [2.75, 3.05) is 5.32 Å².